The van der Waals surface area contributed by atoms with E-state index in [-0.39, 0.29) is 5.91 Å². The summed E-state index contributed by atoms with van der Waals surface area (Å²) in [6.07, 6.45) is 1.43. The molecular weight excluding hydrogens is 424 g/mol. The van der Waals surface area contributed by atoms with E-state index in [0.717, 1.165) is 23.4 Å². The smallest absolute Gasteiger partial charge is 0.325 e. The minimum Gasteiger partial charge on any atom is -0.497 e. The van der Waals surface area contributed by atoms with Gasteiger partial charge in [-0.3, -0.25) is 19.3 Å². The van der Waals surface area contributed by atoms with Crippen LogP contribution >= 0.6 is 0 Å². The number of ether oxygens (including phenoxy) is 1. The Morgan fingerprint density at radius 1 is 1.15 bits per heavy atom. The van der Waals surface area contributed by atoms with E-state index < -0.39 is 29.9 Å². The van der Waals surface area contributed by atoms with Crippen molar-refractivity contribution in [1.82, 2.24) is 15.1 Å². The zero-order valence-corrected chi connectivity index (χ0v) is 18.6. The third-order valence-electron chi connectivity index (χ3n) is 6.00. The number of hydrogen-bond donors (Lipinski definition) is 2. The number of benzene rings is 2. The van der Waals surface area contributed by atoms with Crippen LogP contribution in [0.2, 0.25) is 0 Å². The van der Waals surface area contributed by atoms with Crippen LogP contribution in [0.4, 0.5) is 10.5 Å². The van der Waals surface area contributed by atoms with Crippen LogP contribution in [-0.4, -0.2) is 53.8 Å². The fraction of sp³-hybridized carbons (Fsp3) is 0.333. The Hall–Kier alpha value is -3.88. The van der Waals surface area contributed by atoms with E-state index >= 15 is 0 Å². The highest BCUT2D eigenvalue weighted by Gasteiger charge is 2.49. The molecule has 0 bridgehead atoms. The monoisotopic (exact) mass is 450 g/mol. The number of nitrogens with one attached hydrogen (secondary N) is 2. The minimum absolute atomic E-state index is 0.128. The van der Waals surface area contributed by atoms with Gasteiger partial charge in [0, 0.05) is 25.2 Å². The van der Waals surface area contributed by atoms with Gasteiger partial charge in [-0.15, -0.1) is 0 Å². The van der Waals surface area contributed by atoms with Gasteiger partial charge in [-0.1, -0.05) is 24.3 Å². The SMILES string of the molecule is COc1ccc(C2(C)NC(=O)N(CC(=O)Nc3cccc(CN4CCCC4=O)c3)C2=O)cc1. The van der Waals surface area contributed by atoms with Gasteiger partial charge >= 0.3 is 6.03 Å². The molecular formula is C24H26N4O5. The molecule has 1 atom stereocenters. The lowest BCUT2D eigenvalue weighted by Gasteiger charge is -2.22. The summed E-state index contributed by atoms with van der Waals surface area (Å²) in [6, 6.07) is 13.4. The summed E-state index contributed by atoms with van der Waals surface area (Å²) in [5.41, 5.74) is 0.749. The lowest BCUT2D eigenvalue weighted by Crippen LogP contribution is -2.42. The van der Waals surface area contributed by atoms with Crippen molar-refractivity contribution < 1.29 is 23.9 Å². The maximum Gasteiger partial charge on any atom is 0.325 e. The molecule has 33 heavy (non-hydrogen) atoms. The van der Waals surface area contributed by atoms with Gasteiger partial charge in [0.05, 0.1) is 7.11 Å². The van der Waals surface area contributed by atoms with Gasteiger partial charge in [-0.25, -0.2) is 4.79 Å². The van der Waals surface area contributed by atoms with E-state index in [4.69, 9.17) is 4.74 Å². The Labute approximate surface area is 191 Å². The molecule has 0 aliphatic carbocycles. The molecule has 2 aromatic carbocycles. The van der Waals surface area contributed by atoms with Crippen LogP contribution in [0.15, 0.2) is 48.5 Å². The van der Waals surface area contributed by atoms with Crippen LogP contribution < -0.4 is 15.4 Å². The standard InChI is InChI=1S/C24H26N4O5/c1-24(17-8-10-19(33-2)11-9-17)22(31)28(23(32)26-24)15-20(29)25-18-6-3-5-16(13-18)14-27-12-4-7-21(27)30/h3,5-6,8-11,13H,4,7,12,14-15H2,1-2H3,(H,25,29)(H,26,32). The fourth-order valence-corrected chi connectivity index (χ4v) is 4.14. The minimum atomic E-state index is -1.27. The normalized spacial score (nSPS) is 20.2. The molecule has 2 aliphatic rings. The predicted molar refractivity (Wildman–Crippen MR) is 120 cm³/mol. The van der Waals surface area contributed by atoms with E-state index in [1.54, 1.807) is 61.4 Å². The molecule has 172 valence electrons. The number of anilines is 1. The van der Waals surface area contributed by atoms with Crippen molar-refractivity contribution in [3.8, 4) is 5.75 Å². The van der Waals surface area contributed by atoms with Crippen molar-refractivity contribution in [3.05, 3.63) is 59.7 Å². The first-order valence-corrected chi connectivity index (χ1v) is 10.8. The summed E-state index contributed by atoms with van der Waals surface area (Å²) in [4.78, 5) is 52.8. The molecule has 2 N–H and O–H groups in total. The predicted octanol–water partition coefficient (Wildman–Crippen LogP) is 2.22. The number of amides is 5. The molecule has 2 heterocycles. The van der Waals surface area contributed by atoms with E-state index in [1.165, 1.54) is 0 Å². The van der Waals surface area contributed by atoms with Gasteiger partial charge in [0.2, 0.25) is 11.8 Å². The van der Waals surface area contributed by atoms with Gasteiger partial charge in [0.25, 0.3) is 5.91 Å². The summed E-state index contributed by atoms with van der Waals surface area (Å²) in [5, 5.41) is 5.42. The molecule has 9 heteroatoms. The van der Waals surface area contributed by atoms with Crippen LogP contribution in [0.5, 0.6) is 5.75 Å². The molecule has 2 fully saturated rings. The highest BCUT2D eigenvalue weighted by Crippen LogP contribution is 2.30. The molecule has 0 radical (unpaired) electrons. The molecule has 9 nitrogen and oxygen atoms in total. The number of methoxy groups -OCH3 is 1. The second kappa shape index (κ2) is 8.93. The topological polar surface area (TPSA) is 108 Å². The lowest BCUT2D eigenvalue weighted by atomic mass is 9.92. The summed E-state index contributed by atoms with van der Waals surface area (Å²) >= 11 is 0. The Balaban J connectivity index is 1.41. The van der Waals surface area contributed by atoms with E-state index in [2.05, 4.69) is 10.6 Å². The zero-order valence-electron chi connectivity index (χ0n) is 18.6. The first-order valence-electron chi connectivity index (χ1n) is 10.8. The fourth-order valence-electron chi connectivity index (χ4n) is 4.14. The van der Waals surface area contributed by atoms with Crippen molar-refractivity contribution in [2.75, 3.05) is 25.5 Å². The van der Waals surface area contributed by atoms with Crippen LogP contribution in [0, 0.1) is 0 Å². The zero-order chi connectivity index (χ0) is 23.6. The Kier molecular flexibility index (Phi) is 6.04. The van der Waals surface area contributed by atoms with Crippen molar-refractivity contribution >= 4 is 29.4 Å². The van der Waals surface area contributed by atoms with Gasteiger partial charge in [-0.05, 0) is 48.7 Å². The molecule has 2 aliphatic heterocycles. The molecule has 4 rings (SSSR count). The second-order valence-electron chi connectivity index (χ2n) is 8.34. The largest absolute Gasteiger partial charge is 0.497 e. The average Bonchev–Trinajstić information content (AvgIpc) is 3.30. The van der Waals surface area contributed by atoms with Gasteiger partial charge in [0.1, 0.15) is 17.8 Å². The highest BCUT2D eigenvalue weighted by molar-refractivity contribution is 6.10. The van der Waals surface area contributed by atoms with Gasteiger partial charge < -0.3 is 20.3 Å². The van der Waals surface area contributed by atoms with Crippen molar-refractivity contribution in [2.45, 2.75) is 31.8 Å². The number of carbonyl (C=O) groups is 4. The third kappa shape index (κ3) is 4.52. The number of hydrogen-bond acceptors (Lipinski definition) is 5. The number of carbonyl (C=O) groups excluding carboxylic acids is 4. The summed E-state index contributed by atoms with van der Waals surface area (Å²) in [6.45, 7) is 2.41. The van der Waals surface area contributed by atoms with E-state index in [9.17, 15) is 19.2 Å². The third-order valence-corrected chi connectivity index (χ3v) is 6.00. The molecule has 1 unspecified atom stereocenters. The number of urea groups is 1. The maximum absolute atomic E-state index is 13.1. The van der Waals surface area contributed by atoms with Crippen LogP contribution in [-0.2, 0) is 26.5 Å². The van der Waals surface area contributed by atoms with Crippen LogP contribution in [0.25, 0.3) is 0 Å². The number of imide groups is 1. The van der Waals surface area contributed by atoms with Crippen LogP contribution in [0.1, 0.15) is 30.9 Å². The number of rotatable bonds is 7. The highest BCUT2D eigenvalue weighted by atomic mass is 16.5. The Bertz CT molecular complexity index is 1100. The molecule has 0 spiro atoms. The first kappa shape index (κ1) is 22.3. The van der Waals surface area contributed by atoms with Crippen molar-refractivity contribution in [1.29, 1.82) is 0 Å². The van der Waals surface area contributed by atoms with Gasteiger partial charge in [-0.2, -0.15) is 0 Å². The first-order chi connectivity index (χ1) is 15.8. The lowest BCUT2D eigenvalue weighted by molar-refractivity contribution is -0.133. The maximum atomic E-state index is 13.1. The Morgan fingerprint density at radius 2 is 1.91 bits per heavy atom. The number of nitrogens with zero attached hydrogens (tertiary/aromatic N) is 2. The van der Waals surface area contributed by atoms with E-state index in [0.29, 0.717) is 30.0 Å². The molecule has 2 aromatic rings. The van der Waals surface area contributed by atoms with Crippen LogP contribution in [0.3, 0.4) is 0 Å². The summed E-state index contributed by atoms with van der Waals surface area (Å²) in [5.74, 6) is -0.240. The summed E-state index contributed by atoms with van der Waals surface area (Å²) in [7, 11) is 1.54. The van der Waals surface area contributed by atoms with Gasteiger partial charge in [0.15, 0.2) is 0 Å². The van der Waals surface area contributed by atoms with E-state index in [1.807, 2.05) is 6.07 Å². The summed E-state index contributed by atoms with van der Waals surface area (Å²) < 4.78 is 5.14. The van der Waals surface area contributed by atoms with Crippen molar-refractivity contribution in [2.24, 2.45) is 0 Å². The number of likely N-dealkylation sites (tertiary alicyclic amines) is 1. The average molecular weight is 450 g/mol. The molecule has 0 saturated carbocycles. The molecule has 5 amide bonds. The second-order valence-corrected chi connectivity index (χ2v) is 8.34. The Morgan fingerprint density at radius 3 is 2.58 bits per heavy atom. The molecule has 0 aromatic heterocycles. The molecule has 2 saturated heterocycles. The van der Waals surface area contributed by atoms with Crippen molar-refractivity contribution in [3.63, 3.8) is 0 Å². The quantitative estimate of drug-likeness (QED) is 0.629.